The SMILES string of the molecule is Cc1cccc(/C=C2\Oc3c(ccc4c3CN(Cc3cccnc3)CO4)C2=O)c1. The van der Waals surface area contributed by atoms with Gasteiger partial charge in [0.05, 0.1) is 11.1 Å². The number of hydrogen-bond acceptors (Lipinski definition) is 5. The molecule has 3 aromatic rings. The second kappa shape index (κ2) is 7.18. The summed E-state index contributed by atoms with van der Waals surface area (Å²) in [6.07, 6.45) is 5.42. The number of pyridine rings is 1. The topological polar surface area (TPSA) is 51.7 Å². The minimum absolute atomic E-state index is 0.0892. The fraction of sp³-hybridized carbons (Fsp3) is 0.167. The standard InChI is InChI=1S/C24H20N2O3/c1-16-4-2-5-17(10-16)11-22-23(27)19-7-8-21-20(24(19)29-22)14-26(15-28-21)13-18-6-3-9-25-12-18/h2-12H,13-15H2,1H3/b22-11-. The van der Waals surface area contributed by atoms with E-state index in [0.29, 0.717) is 30.3 Å². The number of carbonyl (C=O) groups is 1. The summed E-state index contributed by atoms with van der Waals surface area (Å²) < 4.78 is 12.0. The van der Waals surface area contributed by atoms with Crippen LogP contribution in [0.3, 0.4) is 0 Å². The summed E-state index contributed by atoms with van der Waals surface area (Å²) in [5.74, 6) is 1.65. The van der Waals surface area contributed by atoms with Crippen LogP contribution in [0.4, 0.5) is 0 Å². The Morgan fingerprint density at radius 3 is 2.93 bits per heavy atom. The van der Waals surface area contributed by atoms with Crippen LogP contribution in [0.5, 0.6) is 11.5 Å². The predicted octanol–water partition coefficient (Wildman–Crippen LogP) is 4.36. The van der Waals surface area contributed by atoms with E-state index >= 15 is 0 Å². The molecule has 5 rings (SSSR count). The molecule has 0 N–H and O–H groups in total. The number of aryl methyl sites for hydroxylation is 1. The zero-order valence-corrected chi connectivity index (χ0v) is 16.1. The number of ether oxygens (including phenoxy) is 2. The molecule has 0 fully saturated rings. The molecule has 144 valence electrons. The number of aromatic nitrogens is 1. The molecule has 0 radical (unpaired) electrons. The van der Waals surface area contributed by atoms with E-state index in [4.69, 9.17) is 9.47 Å². The Morgan fingerprint density at radius 2 is 2.10 bits per heavy atom. The molecule has 0 spiro atoms. The molecule has 0 bridgehead atoms. The van der Waals surface area contributed by atoms with Gasteiger partial charge in [-0.2, -0.15) is 0 Å². The Labute approximate surface area is 169 Å². The number of ketones is 1. The highest BCUT2D eigenvalue weighted by Crippen LogP contribution is 2.42. The van der Waals surface area contributed by atoms with Crippen LogP contribution >= 0.6 is 0 Å². The number of fused-ring (bicyclic) bond motifs is 3. The van der Waals surface area contributed by atoms with Crippen molar-refractivity contribution >= 4 is 11.9 Å². The molecule has 2 aromatic carbocycles. The molecule has 3 heterocycles. The smallest absolute Gasteiger partial charge is 0.231 e. The monoisotopic (exact) mass is 384 g/mol. The van der Waals surface area contributed by atoms with Gasteiger partial charge in [-0.05, 0) is 42.3 Å². The minimum Gasteiger partial charge on any atom is -0.478 e. The summed E-state index contributed by atoms with van der Waals surface area (Å²) in [6, 6.07) is 15.6. The molecule has 2 aliphatic heterocycles. The maximum atomic E-state index is 12.9. The Morgan fingerprint density at radius 1 is 1.17 bits per heavy atom. The second-order valence-electron chi connectivity index (χ2n) is 7.39. The lowest BCUT2D eigenvalue weighted by molar-refractivity contribution is 0.0872. The van der Waals surface area contributed by atoms with Crippen molar-refractivity contribution in [2.24, 2.45) is 0 Å². The lowest BCUT2D eigenvalue weighted by Gasteiger charge is -2.29. The van der Waals surface area contributed by atoms with Gasteiger partial charge < -0.3 is 9.47 Å². The summed E-state index contributed by atoms with van der Waals surface area (Å²) in [7, 11) is 0. The van der Waals surface area contributed by atoms with E-state index in [1.54, 1.807) is 18.3 Å². The summed E-state index contributed by atoms with van der Waals surface area (Å²) in [4.78, 5) is 19.2. The highest BCUT2D eigenvalue weighted by molar-refractivity contribution is 6.15. The van der Waals surface area contributed by atoms with Gasteiger partial charge in [-0.15, -0.1) is 0 Å². The Bertz CT molecular complexity index is 1120. The highest BCUT2D eigenvalue weighted by Gasteiger charge is 2.33. The van der Waals surface area contributed by atoms with Crippen molar-refractivity contribution in [2.45, 2.75) is 20.0 Å². The molecule has 0 saturated heterocycles. The summed E-state index contributed by atoms with van der Waals surface area (Å²) in [5.41, 5.74) is 4.71. The quantitative estimate of drug-likeness (QED) is 0.628. The molecular weight excluding hydrogens is 364 g/mol. The van der Waals surface area contributed by atoms with Crippen molar-refractivity contribution in [2.75, 3.05) is 6.73 Å². The molecule has 0 saturated carbocycles. The lowest BCUT2D eigenvalue weighted by Crippen LogP contribution is -2.31. The first-order chi connectivity index (χ1) is 14.2. The van der Waals surface area contributed by atoms with E-state index < -0.39 is 0 Å². The van der Waals surface area contributed by atoms with E-state index in [-0.39, 0.29) is 5.78 Å². The van der Waals surface area contributed by atoms with E-state index in [1.807, 2.05) is 55.6 Å². The Kier molecular flexibility index (Phi) is 4.37. The van der Waals surface area contributed by atoms with Gasteiger partial charge in [0.15, 0.2) is 5.76 Å². The summed E-state index contributed by atoms with van der Waals surface area (Å²) in [5, 5.41) is 0. The van der Waals surface area contributed by atoms with Crippen molar-refractivity contribution < 1.29 is 14.3 Å². The Balaban J connectivity index is 1.44. The van der Waals surface area contributed by atoms with Crippen molar-refractivity contribution in [3.05, 3.63) is 94.5 Å². The molecular formula is C24H20N2O3. The maximum absolute atomic E-state index is 12.9. The largest absolute Gasteiger partial charge is 0.478 e. The average Bonchev–Trinajstić information content (AvgIpc) is 3.05. The highest BCUT2D eigenvalue weighted by atomic mass is 16.5. The van der Waals surface area contributed by atoms with Crippen molar-refractivity contribution in [3.63, 3.8) is 0 Å². The molecule has 0 amide bonds. The third-order valence-corrected chi connectivity index (χ3v) is 5.15. The van der Waals surface area contributed by atoms with E-state index in [2.05, 4.69) is 9.88 Å². The van der Waals surface area contributed by atoms with Crippen LogP contribution in [0, 0.1) is 6.92 Å². The number of Topliss-reactive ketones (excluding diaryl/α,β-unsaturated/α-hetero) is 1. The van der Waals surface area contributed by atoms with Gasteiger partial charge in [-0.3, -0.25) is 14.7 Å². The molecule has 2 aliphatic rings. The van der Waals surface area contributed by atoms with Crippen molar-refractivity contribution in [1.29, 1.82) is 0 Å². The normalized spacial score (nSPS) is 16.9. The Hall–Kier alpha value is -3.44. The molecule has 0 unspecified atom stereocenters. The number of hydrogen-bond donors (Lipinski definition) is 0. The van der Waals surface area contributed by atoms with Crippen LogP contribution in [0.15, 0.2) is 66.7 Å². The number of carbonyl (C=O) groups excluding carboxylic acids is 1. The zero-order chi connectivity index (χ0) is 19.8. The predicted molar refractivity (Wildman–Crippen MR) is 110 cm³/mol. The van der Waals surface area contributed by atoms with Gasteiger partial charge in [0.1, 0.15) is 18.2 Å². The minimum atomic E-state index is -0.0892. The van der Waals surface area contributed by atoms with Gasteiger partial charge in [-0.25, -0.2) is 0 Å². The molecule has 29 heavy (non-hydrogen) atoms. The second-order valence-corrected chi connectivity index (χ2v) is 7.39. The van der Waals surface area contributed by atoms with Crippen molar-refractivity contribution in [1.82, 2.24) is 9.88 Å². The molecule has 5 nitrogen and oxygen atoms in total. The van der Waals surface area contributed by atoms with E-state index in [0.717, 1.165) is 34.5 Å². The van der Waals surface area contributed by atoms with E-state index in [9.17, 15) is 4.79 Å². The van der Waals surface area contributed by atoms with Crippen LogP contribution in [0.1, 0.15) is 32.6 Å². The summed E-state index contributed by atoms with van der Waals surface area (Å²) >= 11 is 0. The first-order valence-electron chi connectivity index (χ1n) is 9.58. The van der Waals surface area contributed by atoms with Gasteiger partial charge in [0, 0.05) is 25.5 Å². The van der Waals surface area contributed by atoms with Crippen LogP contribution in [-0.4, -0.2) is 22.4 Å². The van der Waals surface area contributed by atoms with Gasteiger partial charge in [0.2, 0.25) is 5.78 Å². The van der Waals surface area contributed by atoms with E-state index in [1.165, 1.54) is 0 Å². The number of rotatable bonds is 3. The van der Waals surface area contributed by atoms with Crippen molar-refractivity contribution in [3.8, 4) is 11.5 Å². The molecule has 1 aromatic heterocycles. The fourth-order valence-electron chi connectivity index (χ4n) is 3.77. The van der Waals surface area contributed by atoms with Gasteiger partial charge >= 0.3 is 0 Å². The van der Waals surface area contributed by atoms with Gasteiger partial charge in [0.25, 0.3) is 0 Å². The summed E-state index contributed by atoms with van der Waals surface area (Å²) in [6.45, 7) is 3.88. The lowest BCUT2D eigenvalue weighted by atomic mass is 10.0. The number of nitrogens with zero attached hydrogens (tertiary/aromatic N) is 2. The fourth-order valence-corrected chi connectivity index (χ4v) is 3.77. The number of benzene rings is 2. The maximum Gasteiger partial charge on any atom is 0.231 e. The zero-order valence-electron chi connectivity index (χ0n) is 16.1. The molecule has 0 atom stereocenters. The van der Waals surface area contributed by atoms with Gasteiger partial charge in [-0.1, -0.05) is 35.9 Å². The van der Waals surface area contributed by atoms with Crippen LogP contribution < -0.4 is 9.47 Å². The van der Waals surface area contributed by atoms with Crippen LogP contribution in [0.25, 0.3) is 6.08 Å². The van der Waals surface area contributed by atoms with Crippen LogP contribution in [-0.2, 0) is 13.1 Å². The first-order valence-corrected chi connectivity index (χ1v) is 9.58. The average molecular weight is 384 g/mol. The third kappa shape index (κ3) is 3.41. The number of allylic oxidation sites excluding steroid dienone is 1. The van der Waals surface area contributed by atoms with Crippen LogP contribution in [0.2, 0.25) is 0 Å². The third-order valence-electron chi connectivity index (χ3n) is 5.15. The molecule has 0 aliphatic carbocycles. The molecule has 5 heteroatoms. The first kappa shape index (κ1) is 17.6.